The second-order valence-corrected chi connectivity index (χ2v) is 5.90. The zero-order valence-electron chi connectivity index (χ0n) is 12.0. The van der Waals surface area contributed by atoms with Gasteiger partial charge in [0.15, 0.2) is 0 Å². The predicted octanol–water partition coefficient (Wildman–Crippen LogP) is 4.45. The molecule has 1 atom stereocenters. The van der Waals surface area contributed by atoms with Crippen molar-refractivity contribution in [3.63, 3.8) is 0 Å². The fourth-order valence-electron chi connectivity index (χ4n) is 2.05. The molecule has 0 amide bonds. The monoisotopic (exact) mass is 351 g/mol. The molecule has 2 aromatic carbocycles. The van der Waals surface area contributed by atoms with E-state index in [1.54, 1.807) is 0 Å². The van der Waals surface area contributed by atoms with E-state index in [1.807, 2.05) is 37.3 Å². The summed E-state index contributed by atoms with van der Waals surface area (Å²) in [6.07, 6.45) is 1.52. The van der Waals surface area contributed by atoms with E-state index in [-0.39, 0.29) is 11.9 Å². The van der Waals surface area contributed by atoms with Crippen LogP contribution in [0.4, 0.5) is 4.39 Å². The summed E-state index contributed by atoms with van der Waals surface area (Å²) in [4.78, 5) is 0. The van der Waals surface area contributed by atoms with Crippen molar-refractivity contribution < 1.29 is 9.13 Å². The number of hydrogen-bond donors (Lipinski definition) is 1. The molecule has 2 aromatic rings. The predicted molar refractivity (Wildman–Crippen MR) is 86.8 cm³/mol. The molecule has 0 aromatic heterocycles. The van der Waals surface area contributed by atoms with E-state index >= 15 is 0 Å². The van der Waals surface area contributed by atoms with Gasteiger partial charge in [-0.25, -0.2) is 4.39 Å². The van der Waals surface area contributed by atoms with Crippen molar-refractivity contribution in [1.29, 1.82) is 0 Å². The number of nitrogens with two attached hydrogens (primary N) is 1. The molecule has 0 radical (unpaired) electrons. The lowest BCUT2D eigenvalue weighted by Gasteiger charge is -2.12. The first-order chi connectivity index (χ1) is 10.1. The van der Waals surface area contributed by atoms with Gasteiger partial charge in [0.1, 0.15) is 18.2 Å². The summed E-state index contributed by atoms with van der Waals surface area (Å²) in [5.41, 5.74) is 7.81. The number of rotatable bonds is 6. The van der Waals surface area contributed by atoms with Crippen molar-refractivity contribution >= 4 is 15.9 Å². The van der Waals surface area contributed by atoms with Crippen LogP contribution < -0.4 is 10.5 Å². The zero-order valence-corrected chi connectivity index (χ0v) is 13.6. The number of hydrogen-bond acceptors (Lipinski definition) is 2. The summed E-state index contributed by atoms with van der Waals surface area (Å²) in [5.74, 6) is 0.238. The molecule has 0 saturated heterocycles. The van der Waals surface area contributed by atoms with E-state index in [0.717, 1.165) is 22.0 Å². The molecule has 2 N–H and O–H groups in total. The zero-order chi connectivity index (χ0) is 15.2. The van der Waals surface area contributed by atoms with Gasteiger partial charge in [0.25, 0.3) is 0 Å². The minimum Gasteiger partial charge on any atom is -0.489 e. The largest absolute Gasteiger partial charge is 0.489 e. The Morgan fingerprint density at radius 3 is 2.71 bits per heavy atom. The van der Waals surface area contributed by atoms with Crippen LogP contribution in [0.1, 0.15) is 24.5 Å². The quantitative estimate of drug-likeness (QED) is 0.834. The van der Waals surface area contributed by atoms with Crippen LogP contribution in [-0.2, 0) is 13.0 Å². The lowest BCUT2D eigenvalue weighted by Crippen LogP contribution is -2.21. The fourth-order valence-corrected chi connectivity index (χ4v) is 2.44. The summed E-state index contributed by atoms with van der Waals surface area (Å²) in [6.45, 7) is 2.42. The van der Waals surface area contributed by atoms with Crippen LogP contribution in [0.2, 0.25) is 0 Å². The highest BCUT2D eigenvalue weighted by molar-refractivity contribution is 9.10. The summed E-state index contributed by atoms with van der Waals surface area (Å²) >= 11 is 3.47. The van der Waals surface area contributed by atoms with Crippen molar-refractivity contribution in [2.75, 3.05) is 0 Å². The molecular formula is C17H19BrFNO. The van der Waals surface area contributed by atoms with Gasteiger partial charge in [-0.05, 0) is 36.6 Å². The third kappa shape index (κ3) is 4.83. The molecule has 2 rings (SSSR count). The van der Waals surface area contributed by atoms with E-state index in [4.69, 9.17) is 10.5 Å². The third-order valence-electron chi connectivity index (χ3n) is 3.31. The van der Waals surface area contributed by atoms with Crippen LogP contribution in [0.15, 0.2) is 46.9 Å². The molecule has 4 heteroatoms. The molecular weight excluding hydrogens is 333 g/mol. The topological polar surface area (TPSA) is 35.2 Å². The molecule has 112 valence electrons. The Morgan fingerprint density at radius 1 is 1.24 bits per heavy atom. The van der Waals surface area contributed by atoms with Crippen molar-refractivity contribution in [1.82, 2.24) is 0 Å². The maximum absolute atomic E-state index is 13.7. The first kappa shape index (κ1) is 16.0. The van der Waals surface area contributed by atoms with E-state index in [9.17, 15) is 4.39 Å². The average Bonchev–Trinajstić information content (AvgIpc) is 2.45. The third-order valence-corrected chi connectivity index (χ3v) is 4.08. The van der Waals surface area contributed by atoms with E-state index in [1.165, 1.54) is 12.1 Å². The Balaban J connectivity index is 2.08. The number of benzene rings is 2. The van der Waals surface area contributed by atoms with Gasteiger partial charge in [-0.1, -0.05) is 41.1 Å². The molecule has 1 unspecified atom stereocenters. The van der Waals surface area contributed by atoms with Gasteiger partial charge in [-0.15, -0.1) is 0 Å². The van der Waals surface area contributed by atoms with Crippen LogP contribution >= 0.6 is 15.9 Å². The Hall–Kier alpha value is -1.39. The van der Waals surface area contributed by atoms with Crippen LogP contribution in [0, 0.1) is 5.82 Å². The highest BCUT2D eigenvalue weighted by Gasteiger charge is 2.07. The Bertz CT molecular complexity index is 603. The second-order valence-electron chi connectivity index (χ2n) is 5.05. The first-order valence-corrected chi connectivity index (χ1v) is 7.79. The molecule has 0 spiro atoms. The molecule has 0 bridgehead atoms. The highest BCUT2D eigenvalue weighted by Crippen LogP contribution is 2.21. The maximum atomic E-state index is 13.7. The van der Waals surface area contributed by atoms with Crippen LogP contribution in [0.5, 0.6) is 5.75 Å². The summed E-state index contributed by atoms with van der Waals surface area (Å²) in [7, 11) is 0. The van der Waals surface area contributed by atoms with Gasteiger partial charge >= 0.3 is 0 Å². The minimum absolute atomic E-state index is 0.0444. The van der Waals surface area contributed by atoms with Crippen LogP contribution in [0.25, 0.3) is 0 Å². The van der Waals surface area contributed by atoms with Crippen molar-refractivity contribution in [3.8, 4) is 5.75 Å². The standard InChI is InChI=1S/C17H19BrFNO/c1-2-15(20)8-12-7-14(19)10-16(9-12)21-11-13-5-3-4-6-17(13)18/h3-7,9-10,15H,2,8,11,20H2,1H3. The second kappa shape index (κ2) is 7.57. The maximum Gasteiger partial charge on any atom is 0.127 e. The van der Waals surface area contributed by atoms with E-state index < -0.39 is 0 Å². The molecule has 0 fully saturated rings. The van der Waals surface area contributed by atoms with Crippen molar-refractivity contribution in [3.05, 3.63) is 63.9 Å². The number of halogens is 2. The van der Waals surface area contributed by atoms with Crippen molar-refractivity contribution in [2.45, 2.75) is 32.4 Å². The van der Waals surface area contributed by atoms with Crippen LogP contribution in [0.3, 0.4) is 0 Å². The van der Waals surface area contributed by atoms with E-state index in [0.29, 0.717) is 18.8 Å². The number of ether oxygens (including phenoxy) is 1. The molecule has 0 heterocycles. The Labute approximate surface area is 133 Å². The van der Waals surface area contributed by atoms with Gasteiger partial charge in [-0.3, -0.25) is 0 Å². The Kier molecular flexibility index (Phi) is 5.76. The SMILES string of the molecule is CCC(N)Cc1cc(F)cc(OCc2ccccc2Br)c1. The van der Waals surface area contributed by atoms with Gasteiger partial charge < -0.3 is 10.5 Å². The van der Waals surface area contributed by atoms with Gasteiger partial charge in [0.05, 0.1) is 0 Å². The fraction of sp³-hybridized carbons (Fsp3) is 0.294. The van der Waals surface area contributed by atoms with Gasteiger partial charge in [0, 0.05) is 22.1 Å². The van der Waals surface area contributed by atoms with E-state index in [2.05, 4.69) is 15.9 Å². The smallest absolute Gasteiger partial charge is 0.127 e. The normalized spacial score (nSPS) is 12.2. The summed E-state index contributed by atoms with van der Waals surface area (Å²) in [5, 5.41) is 0. The highest BCUT2D eigenvalue weighted by atomic mass is 79.9. The van der Waals surface area contributed by atoms with Crippen LogP contribution in [-0.4, -0.2) is 6.04 Å². The lowest BCUT2D eigenvalue weighted by atomic mass is 10.0. The molecule has 21 heavy (non-hydrogen) atoms. The molecule has 0 saturated carbocycles. The minimum atomic E-state index is -0.294. The first-order valence-electron chi connectivity index (χ1n) is 6.99. The van der Waals surface area contributed by atoms with Gasteiger partial charge in [-0.2, -0.15) is 0 Å². The Morgan fingerprint density at radius 2 is 2.00 bits per heavy atom. The summed E-state index contributed by atoms with van der Waals surface area (Å²) in [6, 6.07) is 12.6. The molecule has 0 aliphatic carbocycles. The molecule has 0 aliphatic heterocycles. The van der Waals surface area contributed by atoms with Crippen molar-refractivity contribution in [2.24, 2.45) is 5.73 Å². The summed E-state index contributed by atoms with van der Waals surface area (Å²) < 4.78 is 20.3. The molecule has 0 aliphatic rings. The van der Waals surface area contributed by atoms with Gasteiger partial charge in [0.2, 0.25) is 0 Å². The average molecular weight is 352 g/mol. The lowest BCUT2D eigenvalue weighted by molar-refractivity contribution is 0.303. The molecule has 2 nitrogen and oxygen atoms in total.